The molecule has 4 fully saturated rings. The number of carbonyl (C=O) groups is 1. The number of hydrogen-bond acceptors (Lipinski definition) is 5. The van der Waals surface area contributed by atoms with Crippen molar-refractivity contribution in [2.75, 3.05) is 5.75 Å². The van der Waals surface area contributed by atoms with E-state index in [9.17, 15) is 26.4 Å². The van der Waals surface area contributed by atoms with Crippen molar-refractivity contribution < 1.29 is 26.4 Å². The summed E-state index contributed by atoms with van der Waals surface area (Å²) in [6.45, 7) is 0. The smallest absolute Gasteiger partial charge is 0.332 e. The van der Waals surface area contributed by atoms with Gasteiger partial charge in [0.05, 0.1) is 17.1 Å². The van der Waals surface area contributed by atoms with E-state index in [1.54, 1.807) is 11.8 Å². The molecule has 5 unspecified atom stereocenters. The summed E-state index contributed by atoms with van der Waals surface area (Å²) in [6.07, 6.45) is 2.92. The van der Waals surface area contributed by atoms with Gasteiger partial charge in [-0.15, -0.1) is 23.4 Å². The second-order valence-corrected chi connectivity index (χ2v) is 14.4. The molecule has 3 N–H and O–H groups in total. The van der Waals surface area contributed by atoms with Crippen molar-refractivity contribution in [1.82, 2.24) is 15.4 Å². The van der Waals surface area contributed by atoms with Crippen molar-refractivity contribution in [2.45, 2.75) is 111 Å². The van der Waals surface area contributed by atoms with Gasteiger partial charge in [0.25, 0.3) is 0 Å². The third kappa shape index (κ3) is 7.21. The molecule has 6 nitrogen and oxygen atoms in total. The predicted molar refractivity (Wildman–Crippen MR) is 133 cm³/mol. The highest BCUT2D eigenvalue weighted by molar-refractivity contribution is 8.00. The fourth-order valence-corrected chi connectivity index (χ4v) is 9.43. The topological polar surface area (TPSA) is 87.3 Å². The Kier molecular flexibility index (Phi) is 9.26. The van der Waals surface area contributed by atoms with E-state index in [4.69, 9.17) is 11.6 Å². The van der Waals surface area contributed by atoms with E-state index in [1.807, 2.05) is 0 Å². The van der Waals surface area contributed by atoms with Crippen LogP contribution in [-0.2, 0) is 14.8 Å². The lowest BCUT2D eigenvalue weighted by molar-refractivity contribution is -0.186. The maximum absolute atomic E-state index is 13.5. The van der Waals surface area contributed by atoms with E-state index < -0.39 is 45.7 Å². The van der Waals surface area contributed by atoms with Gasteiger partial charge in [-0.1, -0.05) is 19.3 Å². The van der Waals surface area contributed by atoms with Crippen LogP contribution in [0.1, 0.15) is 77.0 Å². The van der Waals surface area contributed by atoms with Crippen LogP contribution in [-0.4, -0.2) is 54.5 Å². The molecular formula is C23H37ClF3N3O3S2. The number of hydrogen-bond donors (Lipinski definition) is 3. The van der Waals surface area contributed by atoms with Gasteiger partial charge in [-0.3, -0.25) is 10.1 Å². The van der Waals surface area contributed by atoms with Gasteiger partial charge in [0, 0.05) is 23.2 Å². The molecule has 12 heteroatoms. The van der Waals surface area contributed by atoms with E-state index in [1.165, 1.54) is 32.1 Å². The molecule has 0 aromatic carbocycles. The quantitative estimate of drug-likeness (QED) is 0.418. The second-order valence-electron chi connectivity index (χ2n) is 10.7. The van der Waals surface area contributed by atoms with Gasteiger partial charge in [0.2, 0.25) is 15.9 Å². The molecule has 1 amide bonds. The molecule has 0 aromatic rings. The van der Waals surface area contributed by atoms with Crippen molar-refractivity contribution in [1.29, 1.82) is 0 Å². The summed E-state index contributed by atoms with van der Waals surface area (Å²) in [5.74, 6) is -1.35. The number of rotatable bonds is 6. The largest absolute Gasteiger partial charge is 0.391 e. The molecule has 4 aliphatic rings. The average molecular weight is 560 g/mol. The minimum Gasteiger partial charge on any atom is -0.332 e. The zero-order chi connectivity index (χ0) is 25.2. The van der Waals surface area contributed by atoms with Crippen LogP contribution in [0.15, 0.2) is 0 Å². The van der Waals surface area contributed by atoms with Gasteiger partial charge < -0.3 is 5.32 Å². The minimum absolute atomic E-state index is 0.00105. The first-order valence-electron chi connectivity index (χ1n) is 12.9. The molecule has 4 rings (SSSR count). The maximum Gasteiger partial charge on any atom is 0.391 e. The van der Waals surface area contributed by atoms with Crippen molar-refractivity contribution in [3.05, 3.63) is 0 Å². The van der Waals surface area contributed by atoms with E-state index in [0.29, 0.717) is 37.6 Å². The van der Waals surface area contributed by atoms with Crippen molar-refractivity contribution in [3.8, 4) is 0 Å². The summed E-state index contributed by atoms with van der Waals surface area (Å²) in [5, 5.41) is 5.68. The molecule has 3 saturated carbocycles. The Bertz CT molecular complexity index is 834. The summed E-state index contributed by atoms with van der Waals surface area (Å²) >= 11 is 7.70. The summed E-state index contributed by atoms with van der Waals surface area (Å²) in [4.78, 5) is 13.2. The van der Waals surface area contributed by atoms with Crippen LogP contribution in [0.25, 0.3) is 0 Å². The second kappa shape index (κ2) is 11.7. The van der Waals surface area contributed by atoms with Gasteiger partial charge in [0.15, 0.2) is 0 Å². The Morgan fingerprint density at radius 1 is 0.971 bits per heavy atom. The van der Waals surface area contributed by atoms with E-state index >= 15 is 0 Å². The predicted octanol–water partition coefficient (Wildman–Crippen LogP) is 4.49. The van der Waals surface area contributed by atoms with Gasteiger partial charge in [-0.25, -0.2) is 13.1 Å². The zero-order valence-corrected chi connectivity index (χ0v) is 22.3. The van der Waals surface area contributed by atoms with Crippen LogP contribution in [0.2, 0.25) is 0 Å². The number of nitrogens with one attached hydrogen (secondary N) is 3. The lowest BCUT2D eigenvalue weighted by Crippen LogP contribution is -2.55. The average Bonchev–Trinajstić information content (AvgIpc) is 3.27. The van der Waals surface area contributed by atoms with E-state index in [2.05, 4.69) is 15.4 Å². The number of amides is 1. The van der Waals surface area contributed by atoms with Crippen LogP contribution in [0.5, 0.6) is 0 Å². The molecule has 0 spiro atoms. The van der Waals surface area contributed by atoms with Crippen LogP contribution < -0.4 is 15.4 Å². The number of halogens is 4. The lowest BCUT2D eigenvalue weighted by Gasteiger charge is -2.38. The monoisotopic (exact) mass is 559 g/mol. The minimum atomic E-state index is -4.42. The van der Waals surface area contributed by atoms with Crippen molar-refractivity contribution >= 4 is 39.3 Å². The molecule has 202 valence electrons. The van der Waals surface area contributed by atoms with Gasteiger partial charge in [-0.2, -0.15) is 13.2 Å². The van der Waals surface area contributed by atoms with Crippen LogP contribution in [0.3, 0.4) is 0 Å². The number of thioether (sulfide) groups is 1. The molecule has 0 aromatic heterocycles. The third-order valence-electron chi connectivity index (χ3n) is 8.31. The molecular weight excluding hydrogens is 523 g/mol. The Balaban J connectivity index is 1.40. The summed E-state index contributed by atoms with van der Waals surface area (Å²) in [7, 11) is -3.87. The first kappa shape index (κ1) is 27.8. The number of alkyl halides is 4. The first-order chi connectivity index (χ1) is 16.5. The van der Waals surface area contributed by atoms with Gasteiger partial charge in [0.1, 0.15) is 5.50 Å². The summed E-state index contributed by atoms with van der Waals surface area (Å²) in [6, 6.07) is -0.757. The molecule has 1 heterocycles. The van der Waals surface area contributed by atoms with E-state index in [-0.39, 0.29) is 29.6 Å². The maximum atomic E-state index is 13.5. The zero-order valence-electron chi connectivity index (χ0n) is 19.9. The van der Waals surface area contributed by atoms with Crippen LogP contribution in [0.4, 0.5) is 13.2 Å². The normalized spacial score (nSPS) is 37.8. The number of carbonyl (C=O) groups excluding carboxylic acids is 1. The molecule has 5 atom stereocenters. The Hall–Kier alpha value is -0.230. The van der Waals surface area contributed by atoms with Crippen LogP contribution in [0, 0.1) is 17.8 Å². The molecule has 35 heavy (non-hydrogen) atoms. The molecule has 3 aliphatic carbocycles. The standard InChI is InChI=1S/C23H37ClF3N3O3S2/c24-16-7-9-17(10-8-16)35(32,33)30-19-12-15(23(25,26)27)6-11-18(19)21(31)29-22-28-20(13-34-22)14-4-2-1-3-5-14/h14-20,22,28,30H,1-13H2,(H,29,31). The highest BCUT2D eigenvalue weighted by Crippen LogP contribution is 2.41. The highest BCUT2D eigenvalue weighted by atomic mass is 35.5. The Morgan fingerprint density at radius 2 is 1.66 bits per heavy atom. The molecule has 0 bridgehead atoms. The van der Waals surface area contributed by atoms with Gasteiger partial charge >= 0.3 is 6.18 Å². The Labute approximate surface area is 215 Å². The van der Waals surface area contributed by atoms with Crippen molar-refractivity contribution in [3.63, 3.8) is 0 Å². The SMILES string of the molecule is O=C(NC1NC(C2CCCCC2)CS1)C1CCC(C(F)(F)F)CC1NS(=O)(=O)C1CCC(Cl)CC1. The summed E-state index contributed by atoms with van der Waals surface area (Å²) in [5.41, 5.74) is -0.300. The van der Waals surface area contributed by atoms with E-state index in [0.717, 1.165) is 5.75 Å². The molecule has 0 radical (unpaired) electrons. The fraction of sp³-hybridized carbons (Fsp3) is 0.957. The van der Waals surface area contributed by atoms with Gasteiger partial charge in [-0.05, 0) is 63.7 Å². The Morgan fingerprint density at radius 3 is 2.31 bits per heavy atom. The molecule has 1 aliphatic heterocycles. The fourth-order valence-electron chi connectivity index (χ4n) is 6.17. The third-order valence-corrected chi connectivity index (χ3v) is 11.9. The first-order valence-corrected chi connectivity index (χ1v) is 16.0. The number of sulfonamides is 1. The van der Waals surface area contributed by atoms with Crippen LogP contribution >= 0.6 is 23.4 Å². The summed E-state index contributed by atoms with van der Waals surface area (Å²) < 4.78 is 69.2. The lowest BCUT2D eigenvalue weighted by atomic mass is 9.78. The molecule has 1 saturated heterocycles. The van der Waals surface area contributed by atoms with Crippen molar-refractivity contribution in [2.24, 2.45) is 17.8 Å². The highest BCUT2D eigenvalue weighted by Gasteiger charge is 2.48.